The summed E-state index contributed by atoms with van der Waals surface area (Å²) in [6.45, 7) is 7.74. The number of nitrogens with zero attached hydrogens (tertiary/aromatic N) is 4. The maximum absolute atomic E-state index is 12.6. The number of aryl methyl sites for hydroxylation is 3. The van der Waals surface area contributed by atoms with Gasteiger partial charge in [0.2, 0.25) is 0 Å². The van der Waals surface area contributed by atoms with Crippen molar-refractivity contribution in [2.75, 3.05) is 0 Å². The molecule has 0 spiro atoms. The third kappa shape index (κ3) is 4.43. The van der Waals surface area contributed by atoms with Crippen LogP contribution in [-0.2, 0) is 13.1 Å². The number of hydrogen-bond acceptors (Lipinski definition) is 3. The Bertz CT molecular complexity index is 671. The van der Waals surface area contributed by atoms with Gasteiger partial charge >= 0.3 is 0 Å². The summed E-state index contributed by atoms with van der Waals surface area (Å²) in [5.74, 6) is 0. The van der Waals surface area contributed by atoms with Crippen molar-refractivity contribution in [3.63, 3.8) is 0 Å². The number of hydrogen-bond donors (Lipinski definition) is 0. The van der Waals surface area contributed by atoms with E-state index in [4.69, 9.17) is 0 Å². The lowest BCUT2D eigenvalue weighted by Gasteiger charge is -2.05. The van der Waals surface area contributed by atoms with Gasteiger partial charge in [-0.05, 0) is 20.3 Å². The summed E-state index contributed by atoms with van der Waals surface area (Å²) in [4.78, 5) is 16.9. The van der Waals surface area contributed by atoms with Crippen LogP contribution in [0.15, 0.2) is 11.1 Å². The van der Waals surface area contributed by atoms with E-state index in [1.807, 2.05) is 18.5 Å². The van der Waals surface area contributed by atoms with Crippen molar-refractivity contribution in [2.24, 2.45) is 0 Å². The molecule has 2 rings (SSSR count). The average molecular weight is 318 g/mol. The summed E-state index contributed by atoms with van der Waals surface area (Å²) < 4.78 is 3.59. The topological polar surface area (TPSA) is 52.7 Å². The molecule has 0 saturated heterocycles. The fourth-order valence-corrected chi connectivity index (χ4v) is 3.07. The predicted octanol–water partition coefficient (Wildman–Crippen LogP) is 4.06. The Morgan fingerprint density at radius 2 is 1.65 bits per heavy atom. The molecule has 0 N–H and O–H groups in total. The first-order valence-electron chi connectivity index (χ1n) is 9.11. The summed E-state index contributed by atoms with van der Waals surface area (Å²) in [7, 11) is 0. The lowest BCUT2D eigenvalue weighted by atomic mass is 10.1. The standard InChI is InChI=1S/C18H30N4O/c1-4-6-7-8-9-10-11-12-13-21-14-19-17-16(18(21)23)15(3)22(5-2)20-17/h14H,4-13H2,1-3H3. The molecule has 0 aliphatic carbocycles. The zero-order valence-corrected chi connectivity index (χ0v) is 14.8. The number of rotatable bonds is 10. The number of aromatic nitrogens is 4. The average Bonchev–Trinajstić information content (AvgIpc) is 2.88. The van der Waals surface area contributed by atoms with Crippen molar-refractivity contribution in [1.29, 1.82) is 0 Å². The van der Waals surface area contributed by atoms with Crippen molar-refractivity contribution in [3.05, 3.63) is 22.4 Å². The summed E-state index contributed by atoms with van der Waals surface area (Å²) in [6, 6.07) is 0. The van der Waals surface area contributed by atoms with Gasteiger partial charge in [-0.1, -0.05) is 51.9 Å². The zero-order valence-electron chi connectivity index (χ0n) is 14.8. The van der Waals surface area contributed by atoms with E-state index >= 15 is 0 Å². The summed E-state index contributed by atoms with van der Waals surface area (Å²) in [5.41, 5.74) is 1.54. The van der Waals surface area contributed by atoms with Crippen molar-refractivity contribution in [1.82, 2.24) is 19.3 Å². The Morgan fingerprint density at radius 1 is 1.00 bits per heavy atom. The third-order valence-electron chi connectivity index (χ3n) is 4.53. The van der Waals surface area contributed by atoms with E-state index in [2.05, 4.69) is 17.0 Å². The van der Waals surface area contributed by atoms with Gasteiger partial charge in [-0.25, -0.2) is 4.98 Å². The molecule has 2 aromatic heterocycles. The molecule has 0 aliphatic rings. The van der Waals surface area contributed by atoms with Gasteiger partial charge in [0, 0.05) is 13.1 Å². The molecule has 23 heavy (non-hydrogen) atoms. The van der Waals surface area contributed by atoms with Crippen LogP contribution in [0.1, 0.15) is 70.9 Å². The van der Waals surface area contributed by atoms with Crippen molar-refractivity contribution in [3.8, 4) is 0 Å². The van der Waals surface area contributed by atoms with E-state index in [0.29, 0.717) is 11.0 Å². The van der Waals surface area contributed by atoms with E-state index in [1.165, 1.54) is 44.9 Å². The minimum atomic E-state index is 0.0511. The molecule has 0 aliphatic heterocycles. The molecule has 0 aromatic carbocycles. The Hall–Kier alpha value is -1.65. The van der Waals surface area contributed by atoms with Gasteiger partial charge in [-0.15, -0.1) is 0 Å². The highest BCUT2D eigenvalue weighted by molar-refractivity contribution is 5.76. The quantitative estimate of drug-likeness (QED) is 0.621. The van der Waals surface area contributed by atoms with E-state index in [9.17, 15) is 4.79 Å². The van der Waals surface area contributed by atoms with Crippen molar-refractivity contribution < 1.29 is 0 Å². The second kappa shape index (κ2) is 8.85. The molecule has 0 saturated carbocycles. The molecule has 5 nitrogen and oxygen atoms in total. The van der Waals surface area contributed by atoms with E-state index < -0.39 is 0 Å². The largest absolute Gasteiger partial charge is 0.299 e. The maximum Gasteiger partial charge on any atom is 0.264 e. The highest BCUT2D eigenvalue weighted by atomic mass is 16.1. The monoisotopic (exact) mass is 318 g/mol. The summed E-state index contributed by atoms with van der Waals surface area (Å²) >= 11 is 0. The van der Waals surface area contributed by atoms with E-state index in [0.717, 1.165) is 25.2 Å². The van der Waals surface area contributed by atoms with Crippen molar-refractivity contribution >= 4 is 11.0 Å². The molecular formula is C18H30N4O. The Balaban J connectivity index is 1.88. The van der Waals surface area contributed by atoms with Crippen LogP contribution in [0.25, 0.3) is 11.0 Å². The molecule has 2 aromatic rings. The summed E-state index contributed by atoms with van der Waals surface area (Å²) in [6.07, 6.45) is 11.8. The highest BCUT2D eigenvalue weighted by Crippen LogP contribution is 2.12. The molecular weight excluding hydrogens is 288 g/mol. The highest BCUT2D eigenvalue weighted by Gasteiger charge is 2.12. The minimum absolute atomic E-state index is 0.0511. The van der Waals surface area contributed by atoms with Crippen LogP contribution in [0, 0.1) is 6.92 Å². The van der Waals surface area contributed by atoms with Crippen LogP contribution in [0.5, 0.6) is 0 Å². The zero-order chi connectivity index (χ0) is 16.7. The number of fused-ring (bicyclic) bond motifs is 1. The molecule has 0 fully saturated rings. The molecule has 0 amide bonds. The van der Waals surface area contributed by atoms with Gasteiger partial charge < -0.3 is 0 Å². The minimum Gasteiger partial charge on any atom is -0.299 e. The Kier molecular flexibility index (Phi) is 6.81. The fraction of sp³-hybridized carbons (Fsp3) is 0.722. The van der Waals surface area contributed by atoms with Crippen LogP contribution < -0.4 is 5.56 Å². The molecule has 2 heterocycles. The second-order valence-corrected chi connectivity index (χ2v) is 6.32. The second-order valence-electron chi connectivity index (χ2n) is 6.32. The van der Waals surface area contributed by atoms with Gasteiger partial charge in [0.05, 0.1) is 5.69 Å². The predicted molar refractivity (Wildman–Crippen MR) is 94.8 cm³/mol. The van der Waals surface area contributed by atoms with Gasteiger partial charge in [0.1, 0.15) is 11.7 Å². The smallest absolute Gasteiger partial charge is 0.264 e. The normalized spacial score (nSPS) is 11.4. The van der Waals surface area contributed by atoms with E-state index in [-0.39, 0.29) is 5.56 Å². The molecule has 0 unspecified atom stereocenters. The van der Waals surface area contributed by atoms with Gasteiger partial charge in [-0.3, -0.25) is 14.0 Å². The number of unbranched alkanes of at least 4 members (excludes halogenated alkanes) is 7. The van der Waals surface area contributed by atoms with Crippen LogP contribution in [0.4, 0.5) is 0 Å². The first-order chi connectivity index (χ1) is 11.2. The first-order valence-corrected chi connectivity index (χ1v) is 9.11. The van der Waals surface area contributed by atoms with Crippen molar-refractivity contribution in [2.45, 2.75) is 85.2 Å². The Labute approximate surface area is 138 Å². The van der Waals surface area contributed by atoms with E-state index in [1.54, 1.807) is 10.9 Å². The van der Waals surface area contributed by atoms with Gasteiger partial charge in [0.15, 0.2) is 5.65 Å². The van der Waals surface area contributed by atoms with Crippen LogP contribution in [-0.4, -0.2) is 19.3 Å². The lowest BCUT2D eigenvalue weighted by Crippen LogP contribution is -2.20. The van der Waals surface area contributed by atoms with Crippen LogP contribution >= 0.6 is 0 Å². The molecule has 0 radical (unpaired) electrons. The van der Waals surface area contributed by atoms with Gasteiger partial charge in [-0.2, -0.15) is 5.10 Å². The fourth-order valence-electron chi connectivity index (χ4n) is 3.07. The van der Waals surface area contributed by atoms with Crippen LogP contribution in [0.3, 0.4) is 0 Å². The van der Waals surface area contributed by atoms with Crippen LogP contribution in [0.2, 0.25) is 0 Å². The third-order valence-corrected chi connectivity index (χ3v) is 4.53. The molecule has 5 heteroatoms. The SMILES string of the molecule is CCCCCCCCCCn1cnc2nn(CC)c(C)c2c1=O. The maximum atomic E-state index is 12.6. The summed E-state index contributed by atoms with van der Waals surface area (Å²) in [5, 5.41) is 5.05. The Morgan fingerprint density at radius 3 is 2.30 bits per heavy atom. The molecule has 0 bridgehead atoms. The lowest BCUT2D eigenvalue weighted by molar-refractivity contribution is 0.536. The molecule has 0 atom stereocenters. The molecule has 128 valence electrons. The first kappa shape index (κ1) is 17.7. The van der Waals surface area contributed by atoms with Gasteiger partial charge in [0.25, 0.3) is 5.56 Å².